The standard InChI is InChI=1S/C18H29BrO/c1-2-3-16-20-18-13-11-17(12-14-18)10-8-6-4-5-7-9-15-19/h11-14H,2-10,15-16H2,1H3. The minimum atomic E-state index is 0.838. The third-order valence-corrected chi connectivity index (χ3v) is 4.10. The van der Waals surface area contributed by atoms with E-state index < -0.39 is 0 Å². The maximum Gasteiger partial charge on any atom is 0.119 e. The van der Waals surface area contributed by atoms with Gasteiger partial charge in [0.2, 0.25) is 0 Å². The van der Waals surface area contributed by atoms with E-state index in [0.717, 1.165) is 24.1 Å². The minimum absolute atomic E-state index is 0.838. The largest absolute Gasteiger partial charge is 0.494 e. The number of rotatable bonds is 12. The molecule has 1 aromatic carbocycles. The Kier molecular flexibility index (Phi) is 10.8. The van der Waals surface area contributed by atoms with Crippen LogP contribution < -0.4 is 4.74 Å². The molecule has 1 aromatic rings. The second-order valence-electron chi connectivity index (χ2n) is 5.41. The van der Waals surface area contributed by atoms with Gasteiger partial charge in [-0.05, 0) is 43.4 Å². The Morgan fingerprint density at radius 2 is 1.50 bits per heavy atom. The zero-order valence-corrected chi connectivity index (χ0v) is 14.5. The summed E-state index contributed by atoms with van der Waals surface area (Å²) >= 11 is 3.48. The van der Waals surface area contributed by atoms with Crippen molar-refractivity contribution in [2.45, 2.75) is 64.7 Å². The number of halogens is 1. The number of hydrogen-bond donors (Lipinski definition) is 0. The number of unbranched alkanes of at least 4 members (excludes halogenated alkanes) is 6. The van der Waals surface area contributed by atoms with Crippen LogP contribution in [0.25, 0.3) is 0 Å². The average Bonchev–Trinajstić information content (AvgIpc) is 2.48. The van der Waals surface area contributed by atoms with E-state index in [0.29, 0.717) is 0 Å². The molecule has 0 N–H and O–H groups in total. The zero-order chi connectivity index (χ0) is 14.5. The Morgan fingerprint density at radius 1 is 0.850 bits per heavy atom. The van der Waals surface area contributed by atoms with E-state index in [2.05, 4.69) is 47.1 Å². The summed E-state index contributed by atoms with van der Waals surface area (Å²) in [5.41, 5.74) is 1.44. The molecule has 2 heteroatoms. The lowest BCUT2D eigenvalue weighted by Crippen LogP contribution is -1.96. The van der Waals surface area contributed by atoms with Crippen molar-refractivity contribution in [1.82, 2.24) is 0 Å². The highest BCUT2D eigenvalue weighted by Crippen LogP contribution is 2.15. The van der Waals surface area contributed by atoms with Gasteiger partial charge in [-0.15, -0.1) is 0 Å². The van der Waals surface area contributed by atoms with Gasteiger partial charge in [-0.25, -0.2) is 0 Å². The predicted octanol–water partition coefficient (Wildman–Crippen LogP) is 6.14. The third kappa shape index (κ3) is 8.63. The van der Waals surface area contributed by atoms with Crippen molar-refractivity contribution in [3.8, 4) is 5.75 Å². The zero-order valence-electron chi connectivity index (χ0n) is 12.9. The SMILES string of the molecule is CCCCOc1ccc(CCCCCCCCBr)cc1. The molecule has 0 aliphatic heterocycles. The topological polar surface area (TPSA) is 9.23 Å². The van der Waals surface area contributed by atoms with E-state index in [4.69, 9.17) is 4.74 Å². The van der Waals surface area contributed by atoms with E-state index >= 15 is 0 Å². The van der Waals surface area contributed by atoms with Crippen LogP contribution in [0, 0.1) is 0 Å². The van der Waals surface area contributed by atoms with Crippen molar-refractivity contribution in [1.29, 1.82) is 0 Å². The summed E-state index contributed by atoms with van der Waals surface area (Å²) in [6.45, 7) is 3.02. The molecule has 0 aliphatic rings. The average molecular weight is 341 g/mol. The van der Waals surface area contributed by atoms with Crippen LogP contribution >= 0.6 is 15.9 Å². The number of hydrogen-bond acceptors (Lipinski definition) is 1. The fourth-order valence-electron chi connectivity index (χ4n) is 2.22. The van der Waals surface area contributed by atoms with Crippen molar-refractivity contribution < 1.29 is 4.74 Å². The highest BCUT2D eigenvalue weighted by atomic mass is 79.9. The molecule has 0 amide bonds. The smallest absolute Gasteiger partial charge is 0.119 e. The van der Waals surface area contributed by atoms with Crippen LogP contribution in [0.2, 0.25) is 0 Å². The van der Waals surface area contributed by atoms with Crippen molar-refractivity contribution >= 4 is 15.9 Å². The highest BCUT2D eigenvalue weighted by Gasteiger charge is 1.97. The van der Waals surface area contributed by atoms with Gasteiger partial charge < -0.3 is 4.74 Å². The molecule has 0 saturated heterocycles. The Hall–Kier alpha value is -0.500. The monoisotopic (exact) mass is 340 g/mol. The van der Waals surface area contributed by atoms with Crippen LogP contribution in [0.5, 0.6) is 5.75 Å². The Balaban J connectivity index is 2.08. The fraction of sp³-hybridized carbons (Fsp3) is 0.667. The second-order valence-corrected chi connectivity index (χ2v) is 6.20. The molecule has 114 valence electrons. The first-order valence-electron chi connectivity index (χ1n) is 8.14. The number of benzene rings is 1. The van der Waals surface area contributed by atoms with Crippen molar-refractivity contribution in [3.63, 3.8) is 0 Å². The van der Waals surface area contributed by atoms with E-state index in [9.17, 15) is 0 Å². The van der Waals surface area contributed by atoms with Gasteiger partial charge in [-0.2, -0.15) is 0 Å². The van der Waals surface area contributed by atoms with E-state index in [-0.39, 0.29) is 0 Å². The molecule has 0 fully saturated rings. The molecular weight excluding hydrogens is 312 g/mol. The first-order valence-corrected chi connectivity index (χ1v) is 9.26. The quantitative estimate of drug-likeness (QED) is 0.327. The molecule has 1 nitrogen and oxygen atoms in total. The first-order chi connectivity index (χ1) is 9.86. The number of ether oxygens (including phenoxy) is 1. The van der Waals surface area contributed by atoms with Crippen LogP contribution in [0.4, 0.5) is 0 Å². The Morgan fingerprint density at radius 3 is 2.15 bits per heavy atom. The van der Waals surface area contributed by atoms with Crippen LogP contribution in [0.1, 0.15) is 63.9 Å². The van der Waals surface area contributed by atoms with Crippen molar-refractivity contribution in [2.75, 3.05) is 11.9 Å². The van der Waals surface area contributed by atoms with Gasteiger partial charge in [-0.3, -0.25) is 0 Å². The van der Waals surface area contributed by atoms with Crippen LogP contribution in [-0.2, 0) is 6.42 Å². The summed E-state index contributed by atoms with van der Waals surface area (Å²) in [4.78, 5) is 0. The molecule has 0 aromatic heterocycles. The normalized spacial score (nSPS) is 10.7. The summed E-state index contributed by atoms with van der Waals surface area (Å²) < 4.78 is 5.68. The molecule has 0 heterocycles. The van der Waals surface area contributed by atoms with Crippen LogP contribution in [0.3, 0.4) is 0 Å². The molecule has 0 aliphatic carbocycles. The van der Waals surface area contributed by atoms with E-state index in [1.807, 2.05) is 0 Å². The van der Waals surface area contributed by atoms with Gasteiger partial charge in [0.15, 0.2) is 0 Å². The van der Waals surface area contributed by atoms with Crippen molar-refractivity contribution in [3.05, 3.63) is 29.8 Å². The molecule has 1 rings (SSSR count). The molecule has 0 saturated carbocycles. The van der Waals surface area contributed by atoms with Gasteiger partial charge >= 0.3 is 0 Å². The van der Waals surface area contributed by atoms with Gasteiger partial charge in [0.25, 0.3) is 0 Å². The van der Waals surface area contributed by atoms with Gasteiger partial charge in [0.1, 0.15) is 5.75 Å². The molecule has 0 radical (unpaired) electrons. The lowest BCUT2D eigenvalue weighted by Gasteiger charge is -2.06. The molecule has 0 spiro atoms. The van der Waals surface area contributed by atoms with Gasteiger partial charge in [-0.1, -0.05) is 67.1 Å². The molecule has 0 atom stereocenters. The van der Waals surface area contributed by atoms with Gasteiger partial charge in [0.05, 0.1) is 6.61 Å². The molecule has 0 bridgehead atoms. The lowest BCUT2D eigenvalue weighted by atomic mass is 10.0. The molecule has 0 unspecified atom stereocenters. The summed E-state index contributed by atoms with van der Waals surface area (Å²) in [5.74, 6) is 1.01. The second kappa shape index (κ2) is 12.3. The Bertz CT molecular complexity index is 321. The number of alkyl halides is 1. The third-order valence-electron chi connectivity index (χ3n) is 3.54. The number of aryl methyl sites for hydroxylation is 1. The molecule has 20 heavy (non-hydrogen) atoms. The predicted molar refractivity (Wildman–Crippen MR) is 92.0 cm³/mol. The summed E-state index contributed by atoms with van der Waals surface area (Å²) in [7, 11) is 0. The Labute approximate surface area is 133 Å². The highest BCUT2D eigenvalue weighted by molar-refractivity contribution is 9.09. The maximum absolute atomic E-state index is 5.68. The van der Waals surface area contributed by atoms with Gasteiger partial charge in [0, 0.05) is 5.33 Å². The lowest BCUT2D eigenvalue weighted by molar-refractivity contribution is 0.309. The fourth-order valence-corrected chi connectivity index (χ4v) is 2.61. The maximum atomic E-state index is 5.68. The van der Waals surface area contributed by atoms with Crippen LogP contribution in [0.15, 0.2) is 24.3 Å². The van der Waals surface area contributed by atoms with E-state index in [1.54, 1.807) is 0 Å². The molecular formula is C18H29BrO. The van der Waals surface area contributed by atoms with E-state index in [1.165, 1.54) is 56.9 Å². The summed E-state index contributed by atoms with van der Waals surface area (Å²) in [5, 5.41) is 1.15. The minimum Gasteiger partial charge on any atom is -0.494 e. The summed E-state index contributed by atoms with van der Waals surface area (Å²) in [6, 6.07) is 8.65. The summed E-state index contributed by atoms with van der Waals surface area (Å²) in [6.07, 6.45) is 11.6. The first kappa shape index (κ1) is 17.6. The van der Waals surface area contributed by atoms with Crippen LogP contribution in [-0.4, -0.2) is 11.9 Å². The van der Waals surface area contributed by atoms with Crippen molar-refractivity contribution in [2.24, 2.45) is 0 Å².